The molecule has 1 amide bonds. The van der Waals surface area contributed by atoms with Crippen LogP contribution >= 0.6 is 0 Å². The zero-order valence-electron chi connectivity index (χ0n) is 14.8. The van der Waals surface area contributed by atoms with Gasteiger partial charge in [-0.15, -0.1) is 0 Å². The Morgan fingerprint density at radius 2 is 1.75 bits per heavy atom. The summed E-state index contributed by atoms with van der Waals surface area (Å²) >= 11 is 0. The van der Waals surface area contributed by atoms with Crippen molar-refractivity contribution in [3.8, 4) is 0 Å². The molecule has 0 aliphatic carbocycles. The van der Waals surface area contributed by atoms with Gasteiger partial charge in [0.05, 0.1) is 7.11 Å². The highest BCUT2D eigenvalue weighted by Gasteiger charge is 2.32. The van der Waals surface area contributed by atoms with E-state index in [0.717, 1.165) is 5.56 Å². The van der Waals surface area contributed by atoms with Crippen LogP contribution in [0.25, 0.3) is 0 Å². The molecule has 130 valence electrons. The fourth-order valence-corrected chi connectivity index (χ4v) is 2.87. The van der Waals surface area contributed by atoms with Crippen LogP contribution in [0.15, 0.2) is 24.3 Å². The molecule has 5 heteroatoms. The van der Waals surface area contributed by atoms with Crippen LogP contribution in [0.5, 0.6) is 0 Å². The average molecular weight is 331 g/mol. The third-order valence-electron chi connectivity index (χ3n) is 4.48. The molecule has 1 aliphatic heterocycles. The molecule has 1 heterocycles. The van der Waals surface area contributed by atoms with Gasteiger partial charge in [0, 0.05) is 25.1 Å². The number of hydrogen-bond acceptors (Lipinski definition) is 4. The molecule has 0 spiro atoms. The molecule has 1 aromatic rings. The number of amides is 1. The van der Waals surface area contributed by atoms with Gasteiger partial charge in [0.15, 0.2) is 0 Å². The number of carbonyl (C=O) groups excluding carboxylic acids is 3. The number of benzene rings is 1. The van der Waals surface area contributed by atoms with Gasteiger partial charge in [-0.3, -0.25) is 14.4 Å². The van der Waals surface area contributed by atoms with Crippen molar-refractivity contribution < 1.29 is 19.1 Å². The first-order chi connectivity index (χ1) is 11.2. The molecule has 1 atom stereocenters. The lowest BCUT2D eigenvalue weighted by molar-refractivity contribution is -0.149. The van der Waals surface area contributed by atoms with Gasteiger partial charge in [-0.05, 0) is 29.5 Å². The molecule has 0 radical (unpaired) electrons. The highest BCUT2D eigenvalue weighted by molar-refractivity contribution is 6.00. The lowest BCUT2D eigenvalue weighted by atomic mass is 9.86. The Hall–Kier alpha value is -2.17. The summed E-state index contributed by atoms with van der Waals surface area (Å²) in [4.78, 5) is 38.0. The third kappa shape index (κ3) is 4.02. The van der Waals surface area contributed by atoms with Crippen LogP contribution < -0.4 is 0 Å². The summed E-state index contributed by atoms with van der Waals surface area (Å²) in [6, 6.07) is 7.59. The van der Waals surface area contributed by atoms with E-state index in [2.05, 4.69) is 25.5 Å². The lowest BCUT2D eigenvalue weighted by Crippen LogP contribution is -2.32. The zero-order chi connectivity index (χ0) is 17.9. The van der Waals surface area contributed by atoms with Crippen molar-refractivity contribution in [3.05, 3.63) is 35.4 Å². The Morgan fingerprint density at radius 1 is 1.12 bits per heavy atom. The van der Waals surface area contributed by atoms with Crippen molar-refractivity contribution in [2.45, 2.75) is 39.0 Å². The minimum Gasteiger partial charge on any atom is -0.468 e. The van der Waals surface area contributed by atoms with Crippen molar-refractivity contribution >= 4 is 17.7 Å². The third-order valence-corrected chi connectivity index (χ3v) is 4.48. The standard InChI is InChI=1S/C19H25NO4/c1-19(2,3)14-7-5-13(6-8-14)17(22)20-11-9-15(18(23)24-4)16(21)10-12-20/h5-8,15H,9-12H2,1-4H3. The second kappa shape index (κ2) is 7.16. The predicted molar refractivity (Wildman–Crippen MR) is 90.8 cm³/mol. The second-order valence-corrected chi connectivity index (χ2v) is 7.20. The quantitative estimate of drug-likeness (QED) is 0.617. The van der Waals surface area contributed by atoms with Crippen LogP contribution in [0.1, 0.15) is 49.5 Å². The summed E-state index contributed by atoms with van der Waals surface area (Å²) in [5, 5.41) is 0. The number of nitrogens with zero attached hydrogens (tertiary/aromatic N) is 1. The van der Waals surface area contributed by atoms with E-state index < -0.39 is 11.9 Å². The van der Waals surface area contributed by atoms with E-state index in [1.807, 2.05) is 24.3 Å². The second-order valence-electron chi connectivity index (χ2n) is 7.20. The molecule has 1 unspecified atom stereocenters. The monoisotopic (exact) mass is 331 g/mol. The summed E-state index contributed by atoms with van der Waals surface area (Å²) in [5.41, 5.74) is 1.80. The Bertz CT molecular complexity index is 628. The summed E-state index contributed by atoms with van der Waals surface area (Å²) in [6.45, 7) is 7.09. The molecule has 0 bridgehead atoms. The predicted octanol–water partition coefficient (Wildman–Crippen LogP) is 2.58. The zero-order valence-corrected chi connectivity index (χ0v) is 14.8. The maximum Gasteiger partial charge on any atom is 0.316 e. The highest BCUT2D eigenvalue weighted by atomic mass is 16.5. The molecular weight excluding hydrogens is 306 g/mol. The number of rotatable bonds is 2. The first-order valence-electron chi connectivity index (χ1n) is 8.24. The number of hydrogen-bond donors (Lipinski definition) is 0. The Labute approximate surface area is 143 Å². The van der Waals surface area contributed by atoms with Gasteiger partial charge in [-0.25, -0.2) is 0 Å². The number of carbonyl (C=O) groups is 3. The molecule has 0 saturated carbocycles. The van der Waals surface area contributed by atoms with Gasteiger partial charge in [0.25, 0.3) is 5.91 Å². The van der Waals surface area contributed by atoms with E-state index in [0.29, 0.717) is 25.1 Å². The minimum atomic E-state index is -0.754. The van der Waals surface area contributed by atoms with E-state index >= 15 is 0 Å². The lowest BCUT2D eigenvalue weighted by Gasteiger charge is -2.22. The Kier molecular flexibility index (Phi) is 5.42. The summed E-state index contributed by atoms with van der Waals surface area (Å²) < 4.78 is 4.68. The molecule has 0 aromatic heterocycles. The molecule has 1 fully saturated rings. The van der Waals surface area contributed by atoms with Crippen LogP contribution in [0, 0.1) is 5.92 Å². The fraction of sp³-hybridized carbons (Fsp3) is 0.526. The van der Waals surface area contributed by atoms with Crippen LogP contribution in [0.3, 0.4) is 0 Å². The van der Waals surface area contributed by atoms with Crippen molar-refractivity contribution in [2.75, 3.05) is 20.2 Å². The summed E-state index contributed by atoms with van der Waals surface area (Å²) in [6.07, 6.45) is 0.503. The number of esters is 1. The molecule has 2 rings (SSSR count). The number of ether oxygens (including phenoxy) is 1. The van der Waals surface area contributed by atoms with Crippen molar-refractivity contribution in [1.29, 1.82) is 0 Å². The molecule has 24 heavy (non-hydrogen) atoms. The first kappa shape index (κ1) is 18.2. The molecule has 1 aromatic carbocycles. The highest BCUT2D eigenvalue weighted by Crippen LogP contribution is 2.23. The van der Waals surface area contributed by atoms with Gasteiger partial charge < -0.3 is 9.64 Å². The summed E-state index contributed by atoms with van der Waals surface area (Å²) in [7, 11) is 1.28. The Morgan fingerprint density at radius 3 is 2.29 bits per heavy atom. The van der Waals surface area contributed by atoms with E-state index in [4.69, 9.17) is 0 Å². The molecular formula is C19H25NO4. The van der Waals surface area contributed by atoms with Gasteiger partial charge in [0.1, 0.15) is 11.7 Å². The maximum absolute atomic E-state index is 12.7. The topological polar surface area (TPSA) is 63.7 Å². The molecule has 1 saturated heterocycles. The number of likely N-dealkylation sites (tertiary alicyclic amines) is 1. The summed E-state index contributed by atoms with van der Waals surface area (Å²) in [5.74, 6) is -1.52. The van der Waals surface area contributed by atoms with Crippen molar-refractivity contribution in [3.63, 3.8) is 0 Å². The number of methoxy groups -OCH3 is 1. The maximum atomic E-state index is 12.7. The number of ketones is 1. The fourth-order valence-electron chi connectivity index (χ4n) is 2.87. The van der Waals surface area contributed by atoms with E-state index in [1.165, 1.54) is 7.11 Å². The van der Waals surface area contributed by atoms with E-state index in [1.54, 1.807) is 4.90 Å². The van der Waals surface area contributed by atoms with Crippen LogP contribution in [-0.4, -0.2) is 42.8 Å². The molecule has 5 nitrogen and oxygen atoms in total. The SMILES string of the molecule is COC(=O)C1CCN(C(=O)c2ccc(C(C)(C)C)cc2)CCC1=O. The normalized spacial score (nSPS) is 18.9. The Balaban J connectivity index is 2.10. The van der Waals surface area contributed by atoms with Gasteiger partial charge >= 0.3 is 5.97 Å². The van der Waals surface area contributed by atoms with E-state index in [9.17, 15) is 14.4 Å². The average Bonchev–Trinajstić information content (AvgIpc) is 2.74. The largest absolute Gasteiger partial charge is 0.468 e. The van der Waals surface area contributed by atoms with Gasteiger partial charge in [-0.1, -0.05) is 32.9 Å². The van der Waals surface area contributed by atoms with E-state index in [-0.39, 0.29) is 23.5 Å². The smallest absolute Gasteiger partial charge is 0.316 e. The van der Waals surface area contributed by atoms with Gasteiger partial charge in [0.2, 0.25) is 0 Å². The van der Waals surface area contributed by atoms with Crippen LogP contribution in [-0.2, 0) is 19.7 Å². The van der Waals surface area contributed by atoms with Crippen molar-refractivity contribution in [1.82, 2.24) is 4.90 Å². The van der Waals surface area contributed by atoms with Crippen molar-refractivity contribution in [2.24, 2.45) is 5.92 Å². The van der Waals surface area contributed by atoms with Crippen LogP contribution in [0.2, 0.25) is 0 Å². The number of Topliss-reactive ketones (excluding diaryl/α,β-unsaturated/α-hetero) is 1. The van der Waals surface area contributed by atoms with Crippen LogP contribution in [0.4, 0.5) is 0 Å². The minimum absolute atomic E-state index is 0.0321. The van der Waals surface area contributed by atoms with Gasteiger partial charge in [-0.2, -0.15) is 0 Å². The first-order valence-corrected chi connectivity index (χ1v) is 8.24. The molecule has 0 N–H and O–H groups in total. The molecule has 1 aliphatic rings.